The topological polar surface area (TPSA) is 66.5 Å². The molecule has 3 nitrogen and oxygen atoms in total. The Morgan fingerprint density at radius 1 is 1.42 bits per heavy atom. The Labute approximate surface area is 69.8 Å². The molecule has 0 atom stereocenters. The number of hydrogen-bond donors (Lipinski definition) is 3. The van der Waals surface area contributed by atoms with Crippen LogP contribution in [-0.2, 0) is 0 Å². The predicted molar refractivity (Wildman–Crippen MR) is 45.4 cm³/mol. The minimum absolute atomic E-state index is 0.0799. The average Bonchev–Trinajstić information content (AvgIpc) is 1.96. The maximum atomic E-state index is 12.7. The molecule has 0 aliphatic heterocycles. The molecule has 0 aliphatic rings. The van der Waals surface area contributed by atoms with Crippen LogP contribution in [0.1, 0.15) is 5.56 Å². The van der Waals surface area contributed by atoms with Gasteiger partial charge in [-0.25, -0.2) is 4.39 Å². The fourth-order valence-electron chi connectivity index (χ4n) is 0.985. The highest BCUT2D eigenvalue weighted by molar-refractivity contribution is 6.59. The number of anilines is 1. The first-order chi connectivity index (χ1) is 5.52. The lowest BCUT2D eigenvalue weighted by molar-refractivity contribution is 0.425. The zero-order chi connectivity index (χ0) is 9.30. The summed E-state index contributed by atoms with van der Waals surface area (Å²) >= 11 is 0. The number of nitrogens with two attached hydrogens (primary N) is 1. The van der Waals surface area contributed by atoms with E-state index >= 15 is 0 Å². The van der Waals surface area contributed by atoms with Crippen molar-refractivity contribution in [3.63, 3.8) is 0 Å². The highest BCUT2D eigenvalue weighted by Gasteiger charge is 2.15. The smallest absolute Gasteiger partial charge is 0.423 e. The van der Waals surface area contributed by atoms with Crippen LogP contribution in [0.2, 0.25) is 0 Å². The number of rotatable bonds is 1. The standard InChI is InChI=1S/C7H9BFNO2/c1-4-2-6(9)7(10)3-5(4)8(11)12/h2-3,11-12H,10H2,1H3. The first kappa shape index (κ1) is 9.03. The number of hydrogen-bond acceptors (Lipinski definition) is 3. The molecule has 0 saturated carbocycles. The van der Waals surface area contributed by atoms with E-state index < -0.39 is 12.9 Å². The van der Waals surface area contributed by atoms with Gasteiger partial charge in [-0.15, -0.1) is 0 Å². The van der Waals surface area contributed by atoms with E-state index in [-0.39, 0.29) is 11.2 Å². The van der Waals surface area contributed by atoms with Crippen molar-refractivity contribution in [2.75, 3.05) is 5.73 Å². The van der Waals surface area contributed by atoms with Crippen molar-refractivity contribution in [2.45, 2.75) is 6.92 Å². The van der Waals surface area contributed by atoms with Crippen molar-refractivity contribution < 1.29 is 14.4 Å². The molecule has 0 aliphatic carbocycles. The molecule has 1 aromatic carbocycles. The summed E-state index contributed by atoms with van der Waals surface area (Å²) in [6.07, 6.45) is 0. The van der Waals surface area contributed by atoms with Crippen LogP contribution in [0.15, 0.2) is 12.1 Å². The van der Waals surface area contributed by atoms with Crippen molar-refractivity contribution in [1.82, 2.24) is 0 Å². The molecule has 0 aromatic heterocycles. The largest absolute Gasteiger partial charge is 0.488 e. The molecule has 0 amide bonds. The number of aryl methyl sites for hydroxylation is 1. The van der Waals surface area contributed by atoms with Crippen molar-refractivity contribution in [2.24, 2.45) is 0 Å². The summed E-state index contributed by atoms with van der Waals surface area (Å²) in [7, 11) is -1.60. The van der Waals surface area contributed by atoms with E-state index in [0.717, 1.165) is 0 Å². The fraction of sp³-hybridized carbons (Fsp3) is 0.143. The first-order valence-corrected chi connectivity index (χ1v) is 3.44. The van der Waals surface area contributed by atoms with Crippen LogP contribution in [0.5, 0.6) is 0 Å². The third-order valence-electron chi connectivity index (χ3n) is 1.66. The highest BCUT2D eigenvalue weighted by atomic mass is 19.1. The van der Waals surface area contributed by atoms with Crippen molar-refractivity contribution >= 4 is 18.3 Å². The van der Waals surface area contributed by atoms with Crippen molar-refractivity contribution in [3.05, 3.63) is 23.5 Å². The molecule has 1 rings (SSSR count). The van der Waals surface area contributed by atoms with Gasteiger partial charge in [0.05, 0.1) is 5.69 Å². The summed E-state index contributed by atoms with van der Waals surface area (Å²) in [5, 5.41) is 17.6. The molecular formula is C7H9BFNO2. The van der Waals surface area contributed by atoms with E-state index in [9.17, 15) is 4.39 Å². The van der Waals surface area contributed by atoms with Crippen LogP contribution in [0.25, 0.3) is 0 Å². The summed E-state index contributed by atoms with van der Waals surface area (Å²) < 4.78 is 12.7. The maximum absolute atomic E-state index is 12.7. The van der Waals surface area contributed by atoms with E-state index in [0.29, 0.717) is 5.56 Å². The first-order valence-electron chi connectivity index (χ1n) is 3.44. The molecule has 64 valence electrons. The summed E-state index contributed by atoms with van der Waals surface area (Å²) in [6, 6.07) is 2.39. The molecule has 0 bridgehead atoms. The maximum Gasteiger partial charge on any atom is 0.488 e. The van der Waals surface area contributed by atoms with Gasteiger partial charge in [-0.1, -0.05) is 0 Å². The zero-order valence-corrected chi connectivity index (χ0v) is 6.58. The number of benzene rings is 1. The van der Waals surface area contributed by atoms with Crippen LogP contribution >= 0.6 is 0 Å². The molecule has 0 fully saturated rings. The third-order valence-corrected chi connectivity index (χ3v) is 1.66. The van der Waals surface area contributed by atoms with E-state index in [1.165, 1.54) is 12.1 Å². The Morgan fingerprint density at radius 3 is 2.50 bits per heavy atom. The zero-order valence-electron chi connectivity index (χ0n) is 6.58. The minimum Gasteiger partial charge on any atom is -0.423 e. The Morgan fingerprint density at radius 2 is 2.00 bits per heavy atom. The Kier molecular flexibility index (Phi) is 2.35. The van der Waals surface area contributed by atoms with Crippen molar-refractivity contribution in [3.8, 4) is 0 Å². The van der Waals surface area contributed by atoms with Gasteiger partial charge in [0.25, 0.3) is 0 Å². The van der Waals surface area contributed by atoms with Gasteiger partial charge in [0.2, 0.25) is 0 Å². The average molecular weight is 169 g/mol. The monoisotopic (exact) mass is 169 g/mol. The van der Waals surface area contributed by atoms with Crippen LogP contribution in [0.3, 0.4) is 0 Å². The van der Waals surface area contributed by atoms with Crippen LogP contribution < -0.4 is 11.2 Å². The Hall–Kier alpha value is -1.07. The second kappa shape index (κ2) is 3.12. The van der Waals surface area contributed by atoms with Gasteiger partial charge in [0, 0.05) is 0 Å². The molecule has 4 N–H and O–H groups in total. The number of halogens is 1. The molecule has 0 radical (unpaired) electrons. The molecule has 1 aromatic rings. The molecule has 5 heteroatoms. The van der Waals surface area contributed by atoms with Crippen LogP contribution in [0.4, 0.5) is 10.1 Å². The summed E-state index contributed by atoms with van der Waals surface area (Å²) in [6.45, 7) is 1.58. The fourth-order valence-corrected chi connectivity index (χ4v) is 0.985. The SMILES string of the molecule is Cc1cc(F)c(N)cc1B(O)O. The molecule has 0 saturated heterocycles. The minimum atomic E-state index is -1.60. The third kappa shape index (κ3) is 1.57. The van der Waals surface area contributed by atoms with E-state index in [1.807, 2.05) is 0 Å². The quantitative estimate of drug-likeness (QED) is 0.388. The summed E-state index contributed by atoms with van der Waals surface area (Å²) in [5.41, 5.74) is 5.85. The molecule has 0 unspecified atom stereocenters. The second-order valence-corrected chi connectivity index (χ2v) is 2.60. The lowest BCUT2D eigenvalue weighted by Gasteiger charge is -2.05. The van der Waals surface area contributed by atoms with Gasteiger partial charge < -0.3 is 15.8 Å². The normalized spacial score (nSPS) is 10.0. The van der Waals surface area contributed by atoms with E-state index in [2.05, 4.69) is 0 Å². The number of nitrogen functional groups attached to an aromatic ring is 1. The van der Waals surface area contributed by atoms with Gasteiger partial charge in [0.15, 0.2) is 0 Å². The lowest BCUT2D eigenvalue weighted by Crippen LogP contribution is -2.32. The summed E-state index contributed by atoms with van der Waals surface area (Å²) in [4.78, 5) is 0. The molecule has 0 spiro atoms. The van der Waals surface area contributed by atoms with Gasteiger partial charge >= 0.3 is 7.12 Å². The molecule has 0 heterocycles. The van der Waals surface area contributed by atoms with E-state index in [1.54, 1.807) is 6.92 Å². The Bertz CT molecular complexity index is 304. The van der Waals surface area contributed by atoms with Crippen molar-refractivity contribution in [1.29, 1.82) is 0 Å². The van der Waals surface area contributed by atoms with Gasteiger partial charge in [-0.05, 0) is 30.1 Å². The second-order valence-electron chi connectivity index (χ2n) is 2.60. The van der Waals surface area contributed by atoms with Gasteiger partial charge in [-0.3, -0.25) is 0 Å². The Balaban J connectivity index is 3.23. The van der Waals surface area contributed by atoms with Crippen LogP contribution in [0, 0.1) is 12.7 Å². The lowest BCUT2D eigenvalue weighted by atomic mass is 9.77. The summed E-state index contributed by atoms with van der Waals surface area (Å²) in [5.74, 6) is -0.545. The molecular weight excluding hydrogens is 160 g/mol. The molecule has 12 heavy (non-hydrogen) atoms. The van der Waals surface area contributed by atoms with Gasteiger partial charge in [0.1, 0.15) is 5.82 Å². The van der Waals surface area contributed by atoms with E-state index in [4.69, 9.17) is 15.8 Å². The van der Waals surface area contributed by atoms with Crippen LogP contribution in [-0.4, -0.2) is 17.2 Å². The highest BCUT2D eigenvalue weighted by Crippen LogP contribution is 2.09. The van der Waals surface area contributed by atoms with Gasteiger partial charge in [-0.2, -0.15) is 0 Å². The predicted octanol–water partition coefficient (Wildman–Crippen LogP) is -0.604.